The zero-order valence-corrected chi connectivity index (χ0v) is 17.5. The Balaban J connectivity index is 1.44. The van der Waals surface area contributed by atoms with Crippen molar-refractivity contribution in [2.24, 2.45) is 11.7 Å². The molecule has 0 aromatic carbocycles. The predicted molar refractivity (Wildman–Crippen MR) is 118 cm³/mol. The summed E-state index contributed by atoms with van der Waals surface area (Å²) in [6.07, 6.45) is 10.0. The van der Waals surface area contributed by atoms with Crippen molar-refractivity contribution in [1.29, 1.82) is 0 Å². The van der Waals surface area contributed by atoms with Crippen LogP contribution in [-0.4, -0.2) is 41.8 Å². The average molecular weight is 416 g/mol. The molecule has 2 aromatic rings. The van der Waals surface area contributed by atoms with Crippen LogP contribution in [0.1, 0.15) is 38.5 Å². The Morgan fingerprint density at radius 3 is 2.62 bits per heavy atom. The van der Waals surface area contributed by atoms with Crippen molar-refractivity contribution in [2.75, 3.05) is 30.4 Å². The zero-order chi connectivity index (χ0) is 20.1. The monoisotopic (exact) mass is 415 g/mol. The number of nitrogens with one attached hydrogen (secondary N) is 2. The van der Waals surface area contributed by atoms with Crippen LogP contribution < -0.4 is 16.4 Å². The fraction of sp³-hybridized carbons (Fsp3) is 0.545. The van der Waals surface area contributed by atoms with Crippen molar-refractivity contribution in [3.63, 3.8) is 0 Å². The van der Waals surface area contributed by atoms with Gasteiger partial charge in [0.1, 0.15) is 11.6 Å². The van der Waals surface area contributed by atoms with Crippen LogP contribution in [0.15, 0.2) is 30.6 Å². The molecule has 0 radical (unpaired) electrons. The average Bonchev–Trinajstić information content (AvgIpc) is 2.76. The summed E-state index contributed by atoms with van der Waals surface area (Å²) < 4.78 is 5.44. The molecule has 0 amide bonds. The summed E-state index contributed by atoms with van der Waals surface area (Å²) in [4.78, 5) is 8.95. The molecule has 2 fully saturated rings. The van der Waals surface area contributed by atoms with Gasteiger partial charge in [0, 0.05) is 49.8 Å². The molecule has 1 aliphatic carbocycles. The number of nitrogens with two attached hydrogens (primary N) is 1. The number of nitrogens with zero attached hydrogens (tertiary/aromatic N) is 2. The third-order valence-corrected chi connectivity index (χ3v) is 6.26. The Labute approximate surface area is 177 Å². The molecule has 1 saturated carbocycles. The Bertz CT molecular complexity index is 804. The van der Waals surface area contributed by atoms with Gasteiger partial charge in [-0.25, -0.2) is 9.97 Å². The SMILES string of the molecule is N[C@H]1CC[C@H](Nc2cc(-c3ccnc(NCC4CCOCC4)c3)c(Cl)cn2)CC1. The number of halogens is 1. The van der Waals surface area contributed by atoms with Crippen LogP contribution in [0.3, 0.4) is 0 Å². The summed E-state index contributed by atoms with van der Waals surface area (Å²) in [5, 5.41) is 7.67. The van der Waals surface area contributed by atoms with Gasteiger partial charge in [-0.05, 0) is 68.2 Å². The Kier molecular flexibility index (Phi) is 6.85. The summed E-state index contributed by atoms with van der Waals surface area (Å²) in [6, 6.07) is 6.85. The fourth-order valence-corrected chi connectivity index (χ4v) is 4.32. The van der Waals surface area contributed by atoms with Crippen molar-refractivity contribution >= 4 is 23.2 Å². The van der Waals surface area contributed by atoms with Gasteiger partial charge < -0.3 is 21.1 Å². The standard InChI is InChI=1S/C22H30ClN5O/c23-20-14-27-22(28-18-3-1-17(24)2-4-18)12-19(20)16-5-8-25-21(11-16)26-13-15-6-9-29-10-7-15/h5,8,11-12,14-15,17-18H,1-4,6-7,9-10,13,24H2,(H,25,26)(H,27,28)/t17-,18-. The molecule has 0 atom stereocenters. The van der Waals surface area contributed by atoms with Crippen LogP contribution in [0.2, 0.25) is 5.02 Å². The van der Waals surface area contributed by atoms with Gasteiger partial charge >= 0.3 is 0 Å². The van der Waals surface area contributed by atoms with E-state index in [0.717, 1.165) is 81.0 Å². The molecule has 2 aromatic heterocycles. The summed E-state index contributed by atoms with van der Waals surface area (Å²) in [7, 11) is 0. The first-order chi connectivity index (χ1) is 14.2. The van der Waals surface area contributed by atoms with E-state index in [-0.39, 0.29) is 0 Å². The van der Waals surface area contributed by atoms with Crippen molar-refractivity contribution in [2.45, 2.75) is 50.6 Å². The molecular formula is C22H30ClN5O. The highest BCUT2D eigenvalue weighted by molar-refractivity contribution is 6.33. The molecule has 4 N–H and O–H groups in total. The first-order valence-corrected chi connectivity index (χ1v) is 11.0. The van der Waals surface area contributed by atoms with E-state index in [0.29, 0.717) is 23.0 Å². The number of ether oxygens (including phenoxy) is 1. The number of hydrogen-bond acceptors (Lipinski definition) is 6. The molecule has 156 valence electrons. The summed E-state index contributed by atoms with van der Waals surface area (Å²) in [6.45, 7) is 2.63. The molecule has 2 aliphatic rings. The number of rotatable bonds is 6. The second kappa shape index (κ2) is 9.74. The highest BCUT2D eigenvalue weighted by atomic mass is 35.5. The second-order valence-corrected chi connectivity index (χ2v) is 8.58. The van der Waals surface area contributed by atoms with Crippen LogP contribution >= 0.6 is 11.6 Å². The molecule has 0 unspecified atom stereocenters. The van der Waals surface area contributed by atoms with Crippen LogP contribution in [0.5, 0.6) is 0 Å². The second-order valence-electron chi connectivity index (χ2n) is 8.17. The number of hydrogen-bond donors (Lipinski definition) is 3. The van der Waals surface area contributed by atoms with Gasteiger partial charge in [0.15, 0.2) is 0 Å². The number of pyridine rings is 2. The van der Waals surface area contributed by atoms with E-state index < -0.39 is 0 Å². The number of aromatic nitrogens is 2. The van der Waals surface area contributed by atoms with Crippen LogP contribution in [0.4, 0.5) is 11.6 Å². The minimum absolute atomic E-state index is 0.339. The summed E-state index contributed by atoms with van der Waals surface area (Å²) >= 11 is 6.48. The minimum atomic E-state index is 0.339. The van der Waals surface area contributed by atoms with Gasteiger partial charge in [0.25, 0.3) is 0 Å². The van der Waals surface area contributed by atoms with Crippen molar-refractivity contribution < 1.29 is 4.74 Å². The van der Waals surface area contributed by atoms with Gasteiger partial charge in [-0.15, -0.1) is 0 Å². The fourth-order valence-electron chi connectivity index (χ4n) is 4.11. The molecule has 1 saturated heterocycles. The first kappa shape index (κ1) is 20.4. The largest absolute Gasteiger partial charge is 0.381 e. The van der Waals surface area contributed by atoms with E-state index in [4.69, 9.17) is 22.1 Å². The minimum Gasteiger partial charge on any atom is -0.381 e. The van der Waals surface area contributed by atoms with Crippen LogP contribution in [-0.2, 0) is 4.74 Å². The first-order valence-electron chi connectivity index (χ1n) is 10.6. The maximum atomic E-state index is 6.48. The van der Waals surface area contributed by atoms with Crippen LogP contribution in [0.25, 0.3) is 11.1 Å². The highest BCUT2D eigenvalue weighted by Gasteiger charge is 2.19. The topological polar surface area (TPSA) is 85.1 Å². The van der Waals surface area contributed by atoms with Crippen molar-refractivity contribution in [3.8, 4) is 11.1 Å². The third-order valence-electron chi connectivity index (χ3n) is 5.96. The summed E-state index contributed by atoms with van der Waals surface area (Å²) in [5.41, 5.74) is 8.02. The molecule has 6 nitrogen and oxygen atoms in total. The van der Waals surface area contributed by atoms with Gasteiger partial charge in [0.2, 0.25) is 0 Å². The Morgan fingerprint density at radius 2 is 1.83 bits per heavy atom. The molecule has 3 heterocycles. The number of anilines is 2. The van der Waals surface area contributed by atoms with Crippen molar-refractivity contribution in [3.05, 3.63) is 35.6 Å². The molecule has 4 rings (SSSR count). The lowest BCUT2D eigenvalue weighted by Crippen LogP contribution is -2.33. The molecular weight excluding hydrogens is 386 g/mol. The Morgan fingerprint density at radius 1 is 1.03 bits per heavy atom. The normalized spacial score (nSPS) is 23.0. The highest BCUT2D eigenvalue weighted by Crippen LogP contribution is 2.31. The predicted octanol–water partition coefficient (Wildman–Crippen LogP) is 4.32. The van der Waals surface area contributed by atoms with E-state index in [1.54, 1.807) is 6.20 Å². The molecule has 1 aliphatic heterocycles. The van der Waals surface area contributed by atoms with E-state index in [2.05, 4.69) is 26.7 Å². The third kappa shape index (κ3) is 5.59. The maximum Gasteiger partial charge on any atom is 0.126 e. The molecule has 29 heavy (non-hydrogen) atoms. The van der Waals surface area contributed by atoms with Gasteiger partial charge in [0.05, 0.1) is 5.02 Å². The molecule has 0 bridgehead atoms. The van der Waals surface area contributed by atoms with Gasteiger partial charge in [-0.1, -0.05) is 11.6 Å². The zero-order valence-electron chi connectivity index (χ0n) is 16.7. The lowest BCUT2D eigenvalue weighted by atomic mass is 9.92. The van der Waals surface area contributed by atoms with Crippen molar-refractivity contribution in [1.82, 2.24) is 9.97 Å². The Hall–Kier alpha value is -1.89. The summed E-state index contributed by atoms with van der Waals surface area (Å²) in [5.74, 6) is 2.37. The quantitative estimate of drug-likeness (QED) is 0.651. The van der Waals surface area contributed by atoms with Crippen LogP contribution in [0, 0.1) is 5.92 Å². The molecule has 7 heteroatoms. The van der Waals surface area contributed by atoms with E-state index in [1.165, 1.54) is 0 Å². The molecule has 0 spiro atoms. The maximum absolute atomic E-state index is 6.48. The van der Waals surface area contributed by atoms with Gasteiger partial charge in [-0.2, -0.15) is 0 Å². The van der Waals surface area contributed by atoms with E-state index >= 15 is 0 Å². The smallest absolute Gasteiger partial charge is 0.126 e. The lowest BCUT2D eigenvalue weighted by Gasteiger charge is -2.27. The van der Waals surface area contributed by atoms with Gasteiger partial charge in [-0.3, -0.25) is 0 Å². The van der Waals surface area contributed by atoms with E-state index in [9.17, 15) is 0 Å². The van der Waals surface area contributed by atoms with E-state index in [1.807, 2.05) is 18.3 Å². The lowest BCUT2D eigenvalue weighted by molar-refractivity contribution is 0.0699.